The lowest BCUT2D eigenvalue weighted by Gasteiger charge is -2.39. The molecular formula is C16H22ClNO2. The molecule has 1 saturated carbocycles. The zero-order chi connectivity index (χ0) is 14.6. The molecule has 0 aromatic heterocycles. The highest BCUT2D eigenvalue weighted by Gasteiger charge is 2.35. The molecule has 1 aliphatic carbocycles. The normalized spacial score (nSPS) is 26.2. The fourth-order valence-electron chi connectivity index (χ4n) is 3.08. The van der Waals surface area contributed by atoms with Crippen LogP contribution in [0, 0.1) is 5.92 Å². The molecule has 1 fully saturated rings. The summed E-state index contributed by atoms with van der Waals surface area (Å²) in [6.45, 7) is 2.19. The summed E-state index contributed by atoms with van der Waals surface area (Å²) in [4.78, 5) is 12.2. The minimum atomic E-state index is -0.429. The molecule has 0 aliphatic heterocycles. The summed E-state index contributed by atoms with van der Waals surface area (Å²) in [5.74, 6) is 0.516. The van der Waals surface area contributed by atoms with Crippen LogP contribution in [0.3, 0.4) is 0 Å². The van der Waals surface area contributed by atoms with Crippen LogP contribution in [0.2, 0.25) is 5.02 Å². The van der Waals surface area contributed by atoms with Gasteiger partial charge in [-0.2, -0.15) is 0 Å². The molecule has 4 heteroatoms. The molecule has 0 saturated heterocycles. The number of hydrogen-bond donors (Lipinski definition) is 2. The molecule has 2 N–H and O–H groups in total. The number of halogens is 1. The fourth-order valence-corrected chi connectivity index (χ4v) is 3.21. The maximum Gasteiger partial charge on any atom is 0.224 e. The number of aliphatic hydroxyl groups is 1. The van der Waals surface area contributed by atoms with Crippen molar-refractivity contribution in [2.45, 2.75) is 44.6 Å². The molecule has 2 rings (SSSR count). The van der Waals surface area contributed by atoms with E-state index >= 15 is 0 Å². The Balaban J connectivity index is 1.97. The zero-order valence-electron chi connectivity index (χ0n) is 11.9. The van der Waals surface area contributed by atoms with E-state index in [0.29, 0.717) is 17.4 Å². The Bertz CT molecular complexity index is 460. The summed E-state index contributed by atoms with van der Waals surface area (Å²) in [5.41, 5.74) is 0.505. The Kier molecular flexibility index (Phi) is 5.06. The average molecular weight is 296 g/mol. The second-order valence-corrected chi connectivity index (χ2v) is 6.43. The van der Waals surface area contributed by atoms with Gasteiger partial charge in [0.1, 0.15) is 0 Å². The van der Waals surface area contributed by atoms with Gasteiger partial charge in [0, 0.05) is 5.02 Å². The molecule has 0 spiro atoms. The number of aliphatic hydroxyl groups excluding tert-OH is 1. The third-order valence-electron chi connectivity index (χ3n) is 4.08. The molecule has 1 amide bonds. The van der Waals surface area contributed by atoms with Gasteiger partial charge >= 0.3 is 0 Å². The fraction of sp³-hybridized carbons (Fsp3) is 0.562. The predicted octanol–water partition coefficient (Wildman–Crippen LogP) is 2.94. The topological polar surface area (TPSA) is 49.3 Å². The molecule has 2 unspecified atom stereocenters. The number of amides is 1. The molecule has 2 atom stereocenters. The minimum Gasteiger partial charge on any atom is -0.394 e. The largest absolute Gasteiger partial charge is 0.394 e. The number of hydrogen-bond acceptors (Lipinski definition) is 2. The van der Waals surface area contributed by atoms with Crippen LogP contribution in [0.1, 0.15) is 38.2 Å². The number of carbonyl (C=O) groups is 1. The van der Waals surface area contributed by atoms with E-state index in [1.165, 1.54) is 6.42 Å². The predicted molar refractivity (Wildman–Crippen MR) is 80.7 cm³/mol. The van der Waals surface area contributed by atoms with Gasteiger partial charge in [0.15, 0.2) is 0 Å². The van der Waals surface area contributed by atoms with Gasteiger partial charge in [0.05, 0.1) is 18.6 Å². The van der Waals surface area contributed by atoms with Crippen molar-refractivity contribution in [1.82, 2.24) is 5.32 Å². The lowest BCUT2D eigenvalue weighted by molar-refractivity contribution is -0.123. The number of nitrogens with one attached hydrogen (secondary N) is 1. The highest BCUT2D eigenvalue weighted by molar-refractivity contribution is 6.30. The Morgan fingerprint density at radius 3 is 2.75 bits per heavy atom. The van der Waals surface area contributed by atoms with Crippen LogP contribution in [0.15, 0.2) is 24.3 Å². The molecule has 1 aromatic rings. The van der Waals surface area contributed by atoms with Gasteiger partial charge in [0.2, 0.25) is 5.91 Å². The van der Waals surface area contributed by atoms with E-state index < -0.39 is 5.54 Å². The Morgan fingerprint density at radius 1 is 1.45 bits per heavy atom. The van der Waals surface area contributed by atoms with Gasteiger partial charge in [-0.3, -0.25) is 4.79 Å². The van der Waals surface area contributed by atoms with Gasteiger partial charge in [-0.05, 0) is 36.5 Å². The van der Waals surface area contributed by atoms with Gasteiger partial charge in [-0.1, -0.05) is 43.5 Å². The van der Waals surface area contributed by atoms with Gasteiger partial charge in [-0.25, -0.2) is 0 Å². The van der Waals surface area contributed by atoms with E-state index in [-0.39, 0.29) is 12.5 Å². The van der Waals surface area contributed by atoms with E-state index in [9.17, 15) is 9.90 Å². The Labute approximate surface area is 125 Å². The van der Waals surface area contributed by atoms with Crippen molar-refractivity contribution in [3.8, 4) is 0 Å². The van der Waals surface area contributed by atoms with Crippen molar-refractivity contribution in [3.63, 3.8) is 0 Å². The van der Waals surface area contributed by atoms with Crippen LogP contribution in [0.5, 0.6) is 0 Å². The third-order valence-corrected chi connectivity index (χ3v) is 4.33. The highest BCUT2D eigenvalue weighted by Crippen LogP contribution is 2.32. The maximum atomic E-state index is 12.2. The first kappa shape index (κ1) is 15.3. The number of benzene rings is 1. The van der Waals surface area contributed by atoms with Crippen molar-refractivity contribution in [2.75, 3.05) is 6.61 Å². The first-order valence-corrected chi connectivity index (χ1v) is 7.57. The molecule has 0 bridgehead atoms. The minimum absolute atomic E-state index is 0.0176. The van der Waals surface area contributed by atoms with Crippen LogP contribution < -0.4 is 5.32 Å². The van der Waals surface area contributed by atoms with Crippen molar-refractivity contribution in [1.29, 1.82) is 0 Å². The van der Waals surface area contributed by atoms with Crippen molar-refractivity contribution >= 4 is 17.5 Å². The summed E-state index contributed by atoms with van der Waals surface area (Å²) < 4.78 is 0. The SMILES string of the molecule is CC1CCCC(CO)(NC(=O)Cc2ccc(Cl)cc2)C1. The smallest absolute Gasteiger partial charge is 0.224 e. The van der Waals surface area contributed by atoms with E-state index in [1.54, 1.807) is 12.1 Å². The molecule has 0 heterocycles. The van der Waals surface area contributed by atoms with Crippen molar-refractivity contribution in [3.05, 3.63) is 34.9 Å². The standard InChI is InChI=1S/C16H22ClNO2/c1-12-3-2-8-16(10-12,11-19)18-15(20)9-13-4-6-14(17)7-5-13/h4-7,12,19H,2-3,8-11H2,1H3,(H,18,20). The van der Waals surface area contributed by atoms with Crippen LogP contribution in [-0.4, -0.2) is 23.2 Å². The van der Waals surface area contributed by atoms with E-state index in [2.05, 4.69) is 12.2 Å². The van der Waals surface area contributed by atoms with Crippen LogP contribution in [-0.2, 0) is 11.2 Å². The summed E-state index contributed by atoms with van der Waals surface area (Å²) >= 11 is 5.83. The molecule has 110 valence electrons. The Hall–Kier alpha value is -1.06. The van der Waals surface area contributed by atoms with E-state index in [0.717, 1.165) is 24.8 Å². The molecule has 20 heavy (non-hydrogen) atoms. The summed E-state index contributed by atoms with van der Waals surface area (Å²) in [5, 5.41) is 13.4. The highest BCUT2D eigenvalue weighted by atomic mass is 35.5. The van der Waals surface area contributed by atoms with Gasteiger partial charge < -0.3 is 10.4 Å². The van der Waals surface area contributed by atoms with Gasteiger partial charge in [-0.15, -0.1) is 0 Å². The lowest BCUT2D eigenvalue weighted by Crippen LogP contribution is -2.54. The van der Waals surface area contributed by atoms with Crippen LogP contribution in [0.4, 0.5) is 0 Å². The summed E-state index contributed by atoms with van der Waals surface area (Å²) in [6.07, 6.45) is 4.28. The molecule has 1 aliphatic rings. The molecule has 1 aromatic carbocycles. The second kappa shape index (κ2) is 6.59. The van der Waals surface area contributed by atoms with Crippen LogP contribution >= 0.6 is 11.6 Å². The second-order valence-electron chi connectivity index (χ2n) is 5.99. The van der Waals surface area contributed by atoms with Gasteiger partial charge in [0.25, 0.3) is 0 Å². The average Bonchev–Trinajstić information content (AvgIpc) is 2.41. The molecular weight excluding hydrogens is 274 g/mol. The molecule has 0 radical (unpaired) electrons. The monoisotopic (exact) mass is 295 g/mol. The van der Waals surface area contributed by atoms with E-state index in [1.807, 2.05) is 12.1 Å². The Morgan fingerprint density at radius 2 is 2.15 bits per heavy atom. The number of rotatable bonds is 4. The lowest BCUT2D eigenvalue weighted by atomic mass is 9.76. The van der Waals surface area contributed by atoms with E-state index in [4.69, 9.17) is 11.6 Å². The maximum absolute atomic E-state index is 12.2. The summed E-state index contributed by atoms with van der Waals surface area (Å²) in [6, 6.07) is 7.29. The van der Waals surface area contributed by atoms with Crippen molar-refractivity contribution in [2.24, 2.45) is 5.92 Å². The third kappa shape index (κ3) is 3.97. The zero-order valence-corrected chi connectivity index (χ0v) is 12.6. The summed E-state index contributed by atoms with van der Waals surface area (Å²) in [7, 11) is 0. The van der Waals surface area contributed by atoms with Crippen molar-refractivity contribution < 1.29 is 9.90 Å². The first-order chi connectivity index (χ1) is 9.53. The molecule has 3 nitrogen and oxygen atoms in total. The number of carbonyl (C=O) groups excluding carboxylic acids is 1. The van der Waals surface area contributed by atoms with Crippen LogP contribution in [0.25, 0.3) is 0 Å². The first-order valence-electron chi connectivity index (χ1n) is 7.19. The quantitative estimate of drug-likeness (QED) is 0.897.